The first-order valence-corrected chi connectivity index (χ1v) is 11.9. The lowest BCUT2D eigenvalue weighted by Crippen LogP contribution is -2.38. The Balaban J connectivity index is 0.00000306. The number of nitrogens with one attached hydrogen (secondary N) is 2. The van der Waals surface area contributed by atoms with Gasteiger partial charge < -0.3 is 20.3 Å². The largest absolute Gasteiger partial charge is 0.379 e. The van der Waals surface area contributed by atoms with Crippen molar-refractivity contribution in [3.63, 3.8) is 0 Å². The highest BCUT2D eigenvalue weighted by molar-refractivity contribution is 14.0. The first kappa shape index (κ1) is 25.8. The highest BCUT2D eigenvalue weighted by atomic mass is 127. The molecule has 2 aliphatic heterocycles. The van der Waals surface area contributed by atoms with Crippen LogP contribution in [-0.4, -0.2) is 57.3 Å². The second-order valence-electron chi connectivity index (χ2n) is 8.79. The first-order valence-electron chi connectivity index (χ1n) is 11.9. The van der Waals surface area contributed by atoms with Gasteiger partial charge in [0, 0.05) is 52.0 Å². The van der Waals surface area contributed by atoms with Gasteiger partial charge in [-0.05, 0) is 48.6 Å². The molecule has 0 aromatic heterocycles. The van der Waals surface area contributed by atoms with Crippen molar-refractivity contribution < 1.29 is 4.74 Å². The topological polar surface area (TPSA) is 52.1 Å². The van der Waals surface area contributed by atoms with Crippen molar-refractivity contribution in [2.24, 2.45) is 4.99 Å². The van der Waals surface area contributed by atoms with E-state index < -0.39 is 0 Å². The minimum Gasteiger partial charge on any atom is -0.379 e. The van der Waals surface area contributed by atoms with Crippen LogP contribution in [0.1, 0.15) is 42.5 Å². The highest BCUT2D eigenvalue weighted by Gasteiger charge is 2.15. The summed E-state index contributed by atoms with van der Waals surface area (Å²) in [4.78, 5) is 9.35. The maximum absolute atomic E-state index is 5.44. The van der Waals surface area contributed by atoms with Crippen molar-refractivity contribution in [3.8, 4) is 0 Å². The fraction of sp³-hybridized carbons (Fsp3) is 0.500. The average molecular weight is 564 g/mol. The van der Waals surface area contributed by atoms with E-state index in [0.29, 0.717) is 0 Å². The normalized spacial score (nSPS) is 18.0. The van der Waals surface area contributed by atoms with Crippen molar-refractivity contribution in [1.82, 2.24) is 15.5 Å². The zero-order valence-electron chi connectivity index (χ0n) is 19.9. The molecule has 4 rings (SSSR count). The van der Waals surface area contributed by atoms with Gasteiger partial charge in [-0.1, -0.05) is 36.4 Å². The van der Waals surface area contributed by atoms with E-state index in [1.54, 1.807) is 0 Å². The van der Waals surface area contributed by atoms with Crippen LogP contribution in [-0.2, 0) is 17.8 Å². The van der Waals surface area contributed by atoms with E-state index >= 15 is 0 Å². The van der Waals surface area contributed by atoms with Crippen LogP contribution in [0.25, 0.3) is 0 Å². The molecule has 1 atom stereocenters. The number of hydrogen-bond donors (Lipinski definition) is 2. The number of rotatable bonds is 7. The van der Waals surface area contributed by atoms with Crippen LogP contribution in [0.4, 0.5) is 5.69 Å². The summed E-state index contributed by atoms with van der Waals surface area (Å²) in [5.74, 6) is 0.821. The summed E-state index contributed by atoms with van der Waals surface area (Å²) in [5, 5.41) is 7.00. The lowest BCUT2D eigenvalue weighted by molar-refractivity contribution is 0.0342. The summed E-state index contributed by atoms with van der Waals surface area (Å²) >= 11 is 0. The number of nitrogens with zero attached hydrogens (tertiary/aromatic N) is 3. The molecule has 0 saturated carbocycles. The van der Waals surface area contributed by atoms with Crippen LogP contribution in [0, 0.1) is 0 Å². The molecule has 0 radical (unpaired) electrons. The number of hydrogen-bond acceptors (Lipinski definition) is 4. The van der Waals surface area contributed by atoms with Gasteiger partial charge in [-0.3, -0.25) is 9.89 Å². The molecule has 0 bridgehead atoms. The quantitative estimate of drug-likeness (QED) is 0.301. The zero-order valence-corrected chi connectivity index (χ0v) is 22.3. The minimum absolute atomic E-state index is 0. The van der Waals surface area contributed by atoms with Crippen LogP contribution < -0.4 is 15.5 Å². The highest BCUT2D eigenvalue weighted by Crippen LogP contribution is 2.24. The van der Waals surface area contributed by atoms with Crippen LogP contribution in [0.5, 0.6) is 0 Å². The number of aliphatic imine (C=N–C) groups is 1. The van der Waals surface area contributed by atoms with Crippen LogP contribution >= 0.6 is 24.0 Å². The predicted octanol–water partition coefficient (Wildman–Crippen LogP) is 4.16. The molecule has 2 fully saturated rings. The Morgan fingerprint density at radius 3 is 2.39 bits per heavy atom. The minimum atomic E-state index is 0. The summed E-state index contributed by atoms with van der Waals surface area (Å²) in [6, 6.07) is 17.9. The lowest BCUT2D eigenvalue weighted by Gasteiger charge is -2.26. The first-order chi connectivity index (χ1) is 15.7. The van der Waals surface area contributed by atoms with Crippen LogP contribution in [0.3, 0.4) is 0 Å². The number of halogens is 1. The summed E-state index contributed by atoms with van der Waals surface area (Å²) < 4.78 is 5.44. The summed E-state index contributed by atoms with van der Waals surface area (Å²) in [6.07, 6.45) is 2.59. The van der Waals surface area contributed by atoms with E-state index in [0.717, 1.165) is 45.4 Å². The SMILES string of the molecule is CN=C(NCc1ccc(CN2CCOCC2)cc1)NC(C)c1cccc(N2CCCC2)c1.I. The number of morpholine rings is 1. The van der Waals surface area contributed by atoms with Crippen molar-refractivity contribution >= 4 is 35.6 Å². The van der Waals surface area contributed by atoms with Gasteiger partial charge >= 0.3 is 0 Å². The Hall–Kier alpha value is -1.84. The molecule has 1 unspecified atom stereocenters. The fourth-order valence-corrected chi connectivity index (χ4v) is 4.41. The Bertz CT molecular complexity index is 877. The van der Waals surface area contributed by atoms with Crippen LogP contribution in [0.15, 0.2) is 53.5 Å². The van der Waals surface area contributed by atoms with Gasteiger partial charge in [0.2, 0.25) is 0 Å². The van der Waals surface area contributed by atoms with E-state index in [9.17, 15) is 0 Å². The third-order valence-electron chi connectivity index (χ3n) is 6.41. The second kappa shape index (κ2) is 13.2. The Kier molecular flexibility index (Phi) is 10.3. The third-order valence-corrected chi connectivity index (χ3v) is 6.41. The maximum Gasteiger partial charge on any atom is 0.191 e. The molecular formula is C26H38IN5O. The summed E-state index contributed by atoms with van der Waals surface area (Å²) in [6.45, 7) is 9.99. The molecule has 2 aliphatic rings. The predicted molar refractivity (Wildman–Crippen MR) is 148 cm³/mol. The van der Waals surface area contributed by atoms with E-state index in [-0.39, 0.29) is 30.0 Å². The molecular weight excluding hydrogens is 525 g/mol. The van der Waals surface area contributed by atoms with Gasteiger partial charge in [-0.2, -0.15) is 0 Å². The molecule has 0 aliphatic carbocycles. The molecule has 180 valence electrons. The van der Waals surface area contributed by atoms with Gasteiger partial charge in [-0.25, -0.2) is 0 Å². The molecule has 0 spiro atoms. The fourth-order valence-electron chi connectivity index (χ4n) is 4.41. The van der Waals surface area contributed by atoms with Crippen molar-refractivity contribution in [2.75, 3.05) is 51.3 Å². The van der Waals surface area contributed by atoms with Gasteiger partial charge in [0.15, 0.2) is 5.96 Å². The van der Waals surface area contributed by atoms with Crippen molar-refractivity contribution in [2.45, 2.75) is 38.9 Å². The van der Waals surface area contributed by atoms with Crippen molar-refractivity contribution in [1.29, 1.82) is 0 Å². The van der Waals surface area contributed by atoms with Gasteiger partial charge in [-0.15, -0.1) is 24.0 Å². The van der Waals surface area contributed by atoms with Gasteiger partial charge in [0.1, 0.15) is 0 Å². The summed E-state index contributed by atoms with van der Waals surface area (Å²) in [5.41, 5.74) is 5.21. The van der Waals surface area contributed by atoms with E-state index in [4.69, 9.17) is 4.74 Å². The molecule has 2 aromatic rings. The molecule has 2 saturated heterocycles. The number of guanidine groups is 1. The van der Waals surface area contributed by atoms with E-state index in [2.05, 4.69) is 80.9 Å². The Morgan fingerprint density at radius 1 is 1.00 bits per heavy atom. The Morgan fingerprint density at radius 2 is 1.70 bits per heavy atom. The molecule has 2 heterocycles. The maximum atomic E-state index is 5.44. The van der Waals surface area contributed by atoms with E-state index in [1.165, 1.54) is 48.3 Å². The summed E-state index contributed by atoms with van der Waals surface area (Å²) in [7, 11) is 1.83. The molecule has 0 amide bonds. The number of ether oxygens (including phenoxy) is 1. The third kappa shape index (κ3) is 7.58. The van der Waals surface area contributed by atoms with Crippen molar-refractivity contribution in [3.05, 3.63) is 65.2 Å². The number of benzene rings is 2. The standard InChI is InChI=1S/C26H37N5O.HI/c1-21(24-6-5-7-25(18-24)31-12-3-4-13-31)29-26(27-2)28-19-22-8-10-23(11-9-22)20-30-14-16-32-17-15-30;/h5-11,18,21H,3-4,12-17,19-20H2,1-2H3,(H2,27,28,29);1H. The molecule has 33 heavy (non-hydrogen) atoms. The second-order valence-corrected chi connectivity index (χ2v) is 8.79. The molecule has 7 heteroatoms. The molecule has 2 aromatic carbocycles. The molecule has 6 nitrogen and oxygen atoms in total. The smallest absolute Gasteiger partial charge is 0.191 e. The van der Waals surface area contributed by atoms with E-state index in [1.807, 2.05) is 7.05 Å². The monoisotopic (exact) mass is 563 g/mol. The zero-order chi connectivity index (χ0) is 22.2. The van der Waals surface area contributed by atoms with Gasteiger partial charge in [0.25, 0.3) is 0 Å². The lowest BCUT2D eigenvalue weighted by atomic mass is 10.1. The van der Waals surface area contributed by atoms with Crippen LogP contribution in [0.2, 0.25) is 0 Å². The Labute approximate surface area is 215 Å². The van der Waals surface area contributed by atoms with Gasteiger partial charge in [0.05, 0.1) is 19.3 Å². The molecule has 2 N–H and O–H groups in total. The average Bonchev–Trinajstić information content (AvgIpc) is 3.38. The number of anilines is 1.